The van der Waals surface area contributed by atoms with Crippen LogP contribution >= 0.6 is 11.8 Å². The molecule has 1 fully saturated rings. The molecule has 3 N–H and O–H groups in total. The summed E-state index contributed by atoms with van der Waals surface area (Å²) in [5, 5.41) is 3.20. The SMILES string of the molecule is CNC(CSc1ccc2c(c1)CCC2)(C(N)=O)C1CC1. The number of carbonyl (C=O) groups is 1. The molecule has 108 valence electrons. The molecule has 3 rings (SSSR count). The molecule has 0 aromatic heterocycles. The minimum absolute atomic E-state index is 0.212. The molecule has 0 aliphatic heterocycles. The van der Waals surface area contributed by atoms with E-state index in [1.54, 1.807) is 11.8 Å². The lowest BCUT2D eigenvalue weighted by Crippen LogP contribution is -2.57. The van der Waals surface area contributed by atoms with Crippen molar-refractivity contribution in [2.24, 2.45) is 11.7 Å². The molecule has 0 bridgehead atoms. The van der Waals surface area contributed by atoms with Gasteiger partial charge in [0.05, 0.1) is 0 Å². The number of aryl methyl sites for hydroxylation is 2. The summed E-state index contributed by atoms with van der Waals surface area (Å²) in [5.74, 6) is 0.922. The second-order valence-electron chi connectivity index (χ2n) is 5.93. The average molecular weight is 290 g/mol. The zero-order valence-corrected chi connectivity index (χ0v) is 12.8. The first-order valence-corrected chi connectivity index (χ1v) is 8.38. The van der Waals surface area contributed by atoms with Crippen molar-refractivity contribution in [2.75, 3.05) is 12.8 Å². The second-order valence-corrected chi connectivity index (χ2v) is 6.98. The Balaban J connectivity index is 1.73. The maximum Gasteiger partial charge on any atom is 0.238 e. The van der Waals surface area contributed by atoms with Crippen LogP contribution in [-0.4, -0.2) is 24.2 Å². The first-order valence-electron chi connectivity index (χ1n) is 7.39. The van der Waals surface area contributed by atoms with Gasteiger partial charge in [-0.3, -0.25) is 4.79 Å². The maximum atomic E-state index is 11.9. The molecule has 0 spiro atoms. The van der Waals surface area contributed by atoms with Crippen LogP contribution in [0.15, 0.2) is 23.1 Å². The first-order chi connectivity index (χ1) is 9.65. The topological polar surface area (TPSA) is 55.1 Å². The number of primary amides is 1. The molecule has 0 radical (unpaired) electrons. The van der Waals surface area contributed by atoms with E-state index in [9.17, 15) is 4.79 Å². The van der Waals surface area contributed by atoms with Gasteiger partial charge < -0.3 is 11.1 Å². The largest absolute Gasteiger partial charge is 0.368 e. The van der Waals surface area contributed by atoms with Crippen LogP contribution in [0.3, 0.4) is 0 Å². The van der Waals surface area contributed by atoms with Gasteiger partial charge in [-0.2, -0.15) is 0 Å². The molecule has 1 aromatic rings. The number of nitrogens with two attached hydrogens (primary N) is 1. The molecular formula is C16H22N2OS. The zero-order valence-electron chi connectivity index (χ0n) is 11.9. The minimum atomic E-state index is -0.538. The van der Waals surface area contributed by atoms with Gasteiger partial charge in [0, 0.05) is 10.6 Å². The molecule has 0 heterocycles. The van der Waals surface area contributed by atoms with E-state index < -0.39 is 5.54 Å². The van der Waals surface area contributed by atoms with E-state index in [1.165, 1.54) is 35.3 Å². The number of hydrogen-bond donors (Lipinski definition) is 2. The lowest BCUT2D eigenvalue weighted by Gasteiger charge is -2.30. The number of amides is 1. The number of carbonyl (C=O) groups excluding carboxylic acids is 1. The van der Waals surface area contributed by atoms with Gasteiger partial charge in [-0.05, 0) is 68.3 Å². The van der Waals surface area contributed by atoms with E-state index in [1.807, 2.05) is 7.05 Å². The normalized spacial score (nSPS) is 20.4. The fourth-order valence-corrected chi connectivity index (χ4v) is 4.51. The molecule has 0 saturated heterocycles. The average Bonchev–Trinajstić information content (AvgIpc) is 3.18. The number of thioether (sulfide) groups is 1. The van der Waals surface area contributed by atoms with Gasteiger partial charge in [-0.25, -0.2) is 0 Å². The molecule has 1 saturated carbocycles. The van der Waals surface area contributed by atoms with Crippen LogP contribution in [0.25, 0.3) is 0 Å². The monoisotopic (exact) mass is 290 g/mol. The number of benzene rings is 1. The van der Waals surface area contributed by atoms with Gasteiger partial charge >= 0.3 is 0 Å². The Labute approximate surface area is 124 Å². The van der Waals surface area contributed by atoms with Crippen LogP contribution in [0, 0.1) is 5.92 Å². The van der Waals surface area contributed by atoms with Crippen molar-refractivity contribution in [1.29, 1.82) is 0 Å². The van der Waals surface area contributed by atoms with Crippen molar-refractivity contribution in [3.63, 3.8) is 0 Å². The summed E-state index contributed by atoms with van der Waals surface area (Å²) in [6.07, 6.45) is 5.89. The third-order valence-electron chi connectivity index (χ3n) is 4.70. The lowest BCUT2D eigenvalue weighted by molar-refractivity contribution is -0.124. The quantitative estimate of drug-likeness (QED) is 0.789. The van der Waals surface area contributed by atoms with E-state index in [4.69, 9.17) is 5.73 Å². The lowest BCUT2D eigenvalue weighted by atomic mass is 9.95. The summed E-state index contributed by atoms with van der Waals surface area (Å²) in [6, 6.07) is 6.72. The van der Waals surface area contributed by atoms with Crippen LogP contribution in [0.2, 0.25) is 0 Å². The molecule has 1 aromatic carbocycles. The zero-order chi connectivity index (χ0) is 14.2. The van der Waals surface area contributed by atoms with Crippen molar-refractivity contribution < 1.29 is 4.79 Å². The van der Waals surface area contributed by atoms with Gasteiger partial charge in [-0.15, -0.1) is 11.8 Å². The molecule has 2 aliphatic carbocycles. The summed E-state index contributed by atoms with van der Waals surface area (Å²) in [7, 11) is 1.85. The van der Waals surface area contributed by atoms with E-state index in [-0.39, 0.29) is 5.91 Å². The number of rotatable bonds is 6. The highest BCUT2D eigenvalue weighted by atomic mass is 32.2. The van der Waals surface area contributed by atoms with Gasteiger partial charge in [0.25, 0.3) is 0 Å². The summed E-state index contributed by atoms with van der Waals surface area (Å²) in [6.45, 7) is 0. The van der Waals surface area contributed by atoms with Crippen LogP contribution in [0.1, 0.15) is 30.4 Å². The van der Waals surface area contributed by atoms with E-state index in [0.29, 0.717) is 5.92 Å². The molecule has 1 amide bonds. The molecule has 20 heavy (non-hydrogen) atoms. The predicted molar refractivity (Wildman–Crippen MR) is 82.9 cm³/mol. The summed E-state index contributed by atoms with van der Waals surface area (Å²) in [5.41, 5.74) is 8.10. The summed E-state index contributed by atoms with van der Waals surface area (Å²) in [4.78, 5) is 13.1. The number of likely N-dealkylation sites (N-methyl/N-ethyl adjacent to an activating group) is 1. The van der Waals surface area contributed by atoms with Crippen LogP contribution in [-0.2, 0) is 17.6 Å². The minimum Gasteiger partial charge on any atom is -0.368 e. The van der Waals surface area contributed by atoms with Crippen molar-refractivity contribution >= 4 is 17.7 Å². The molecule has 1 unspecified atom stereocenters. The second kappa shape index (κ2) is 5.41. The standard InChI is InChI=1S/C16H22N2OS/c1-18-16(15(17)19,13-6-7-13)10-20-14-8-5-11-3-2-4-12(11)9-14/h5,8-9,13,18H,2-4,6-7,10H2,1H3,(H2,17,19). The third kappa shape index (κ3) is 2.47. The molecule has 3 nitrogen and oxygen atoms in total. The van der Waals surface area contributed by atoms with Gasteiger partial charge in [-0.1, -0.05) is 6.07 Å². The summed E-state index contributed by atoms with van der Waals surface area (Å²) < 4.78 is 0. The van der Waals surface area contributed by atoms with Crippen molar-refractivity contribution in [2.45, 2.75) is 42.5 Å². The predicted octanol–water partition coefficient (Wildman–Crippen LogP) is 2.12. The number of hydrogen-bond acceptors (Lipinski definition) is 3. The molecule has 1 atom stereocenters. The molecule has 2 aliphatic rings. The van der Waals surface area contributed by atoms with Crippen LogP contribution < -0.4 is 11.1 Å². The summed E-state index contributed by atoms with van der Waals surface area (Å²) >= 11 is 1.75. The highest BCUT2D eigenvalue weighted by Crippen LogP contribution is 2.42. The van der Waals surface area contributed by atoms with Crippen molar-refractivity contribution in [3.05, 3.63) is 29.3 Å². The number of fused-ring (bicyclic) bond motifs is 1. The fourth-order valence-electron chi connectivity index (χ4n) is 3.20. The Bertz CT molecular complexity index is 527. The fraction of sp³-hybridized carbons (Fsp3) is 0.562. The van der Waals surface area contributed by atoms with E-state index in [2.05, 4.69) is 23.5 Å². The first kappa shape index (κ1) is 14.0. The Morgan fingerprint density at radius 2 is 2.15 bits per heavy atom. The smallest absolute Gasteiger partial charge is 0.238 e. The van der Waals surface area contributed by atoms with Gasteiger partial charge in [0.15, 0.2) is 0 Å². The number of nitrogens with one attached hydrogen (secondary N) is 1. The van der Waals surface area contributed by atoms with E-state index >= 15 is 0 Å². The highest BCUT2D eigenvalue weighted by molar-refractivity contribution is 7.99. The van der Waals surface area contributed by atoms with Crippen LogP contribution in [0.5, 0.6) is 0 Å². The van der Waals surface area contributed by atoms with Crippen LogP contribution in [0.4, 0.5) is 0 Å². The Morgan fingerprint density at radius 1 is 1.40 bits per heavy atom. The maximum absolute atomic E-state index is 11.9. The van der Waals surface area contributed by atoms with Gasteiger partial charge in [0.1, 0.15) is 5.54 Å². The Morgan fingerprint density at radius 3 is 2.80 bits per heavy atom. The van der Waals surface area contributed by atoms with Gasteiger partial charge in [0.2, 0.25) is 5.91 Å². The molecule has 4 heteroatoms. The Hall–Kier alpha value is -1.00. The van der Waals surface area contributed by atoms with Crippen molar-refractivity contribution in [1.82, 2.24) is 5.32 Å². The third-order valence-corrected chi connectivity index (χ3v) is 5.88. The molecular weight excluding hydrogens is 268 g/mol. The highest BCUT2D eigenvalue weighted by Gasteiger charge is 2.48. The van der Waals surface area contributed by atoms with Crippen molar-refractivity contribution in [3.8, 4) is 0 Å². The Kier molecular flexibility index (Phi) is 3.78. The van der Waals surface area contributed by atoms with E-state index in [0.717, 1.165) is 18.6 Å².